The van der Waals surface area contributed by atoms with Gasteiger partial charge in [0.25, 0.3) is 0 Å². The lowest BCUT2D eigenvalue weighted by molar-refractivity contribution is 0.161. The first-order chi connectivity index (χ1) is 10.3. The van der Waals surface area contributed by atoms with E-state index in [-0.39, 0.29) is 6.03 Å². The lowest BCUT2D eigenvalue weighted by atomic mass is 10.1. The number of carbonyl (C=O) groups is 1. The highest BCUT2D eigenvalue weighted by Crippen LogP contribution is 2.20. The first-order valence-corrected chi connectivity index (χ1v) is 8.07. The van der Waals surface area contributed by atoms with Crippen molar-refractivity contribution in [2.75, 3.05) is 32.7 Å². The van der Waals surface area contributed by atoms with Gasteiger partial charge in [-0.25, -0.2) is 4.79 Å². The molecule has 0 saturated carbocycles. The van der Waals surface area contributed by atoms with Crippen molar-refractivity contribution in [3.8, 4) is 0 Å². The summed E-state index contributed by atoms with van der Waals surface area (Å²) < 4.78 is 1.83. The van der Waals surface area contributed by atoms with Crippen LogP contribution < -0.4 is 5.32 Å². The smallest absolute Gasteiger partial charge is 0.317 e. The monoisotopic (exact) mass is 291 g/mol. The second-order valence-electron chi connectivity index (χ2n) is 5.99. The Balaban J connectivity index is 1.39. The molecule has 1 atom stereocenters. The van der Waals surface area contributed by atoms with E-state index in [2.05, 4.69) is 15.3 Å². The zero-order valence-electron chi connectivity index (χ0n) is 12.6. The average Bonchev–Trinajstić information content (AvgIpc) is 3.20. The quantitative estimate of drug-likeness (QED) is 0.905. The summed E-state index contributed by atoms with van der Waals surface area (Å²) in [5, 5.41) is 7.12. The van der Waals surface area contributed by atoms with Crippen molar-refractivity contribution in [1.82, 2.24) is 24.9 Å². The molecule has 0 aliphatic carbocycles. The third-order valence-electron chi connectivity index (χ3n) is 4.53. The van der Waals surface area contributed by atoms with E-state index in [4.69, 9.17) is 0 Å². The van der Waals surface area contributed by atoms with Crippen molar-refractivity contribution >= 4 is 6.03 Å². The number of rotatable bonds is 4. The predicted octanol–water partition coefficient (Wildman–Crippen LogP) is 1.15. The maximum atomic E-state index is 12.2. The summed E-state index contributed by atoms with van der Waals surface area (Å²) in [6.07, 6.45) is 8.77. The minimum absolute atomic E-state index is 0.0710. The van der Waals surface area contributed by atoms with Gasteiger partial charge in [0, 0.05) is 38.1 Å². The number of hydrogen-bond donors (Lipinski definition) is 1. The van der Waals surface area contributed by atoms with Gasteiger partial charge in [0.2, 0.25) is 0 Å². The van der Waals surface area contributed by atoms with Crippen LogP contribution in [0, 0.1) is 0 Å². The summed E-state index contributed by atoms with van der Waals surface area (Å²) in [6, 6.07) is 2.54. The highest BCUT2D eigenvalue weighted by molar-refractivity contribution is 5.74. The van der Waals surface area contributed by atoms with Crippen LogP contribution in [-0.4, -0.2) is 64.4 Å². The summed E-state index contributed by atoms with van der Waals surface area (Å²) in [4.78, 5) is 16.7. The molecule has 21 heavy (non-hydrogen) atoms. The van der Waals surface area contributed by atoms with Crippen molar-refractivity contribution in [2.45, 2.75) is 38.3 Å². The summed E-state index contributed by atoms with van der Waals surface area (Å²) in [5.41, 5.74) is 0. The molecular weight excluding hydrogens is 266 g/mol. The number of aromatic nitrogens is 2. The Morgan fingerprint density at radius 2 is 2.10 bits per heavy atom. The molecule has 2 amide bonds. The predicted molar refractivity (Wildman–Crippen MR) is 81.0 cm³/mol. The van der Waals surface area contributed by atoms with Crippen LogP contribution in [0.25, 0.3) is 0 Å². The van der Waals surface area contributed by atoms with Crippen molar-refractivity contribution in [1.29, 1.82) is 0 Å². The number of urea groups is 1. The summed E-state index contributed by atoms with van der Waals surface area (Å²) >= 11 is 0. The van der Waals surface area contributed by atoms with Gasteiger partial charge in [-0.1, -0.05) is 6.42 Å². The Bertz CT molecular complexity index is 441. The molecule has 3 heterocycles. The molecule has 1 N–H and O–H groups in total. The fourth-order valence-electron chi connectivity index (χ4n) is 3.33. The minimum Gasteiger partial charge on any atom is -0.336 e. The summed E-state index contributed by atoms with van der Waals surface area (Å²) in [7, 11) is 0. The van der Waals surface area contributed by atoms with Crippen LogP contribution in [0.15, 0.2) is 18.5 Å². The molecule has 6 nitrogen and oxygen atoms in total. The van der Waals surface area contributed by atoms with Crippen molar-refractivity contribution < 1.29 is 4.79 Å². The molecule has 0 spiro atoms. The molecule has 0 aromatic carbocycles. The van der Waals surface area contributed by atoms with Gasteiger partial charge >= 0.3 is 6.03 Å². The van der Waals surface area contributed by atoms with Crippen LogP contribution >= 0.6 is 0 Å². The van der Waals surface area contributed by atoms with Crippen LogP contribution in [0.3, 0.4) is 0 Å². The van der Waals surface area contributed by atoms with Crippen LogP contribution in [0.4, 0.5) is 4.79 Å². The molecule has 2 fully saturated rings. The second kappa shape index (κ2) is 6.93. The van der Waals surface area contributed by atoms with Crippen LogP contribution in [0.5, 0.6) is 0 Å². The molecule has 2 aliphatic heterocycles. The lowest BCUT2D eigenvalue weighted by Gasteiger charge is -2.32. The molecule has 0 unspecified atom stereocenters. The van der Waals surface area contributed by atoms with Gasteiger partial charge in [-0.05, 0) is 38.4 Å². The topological polar surface area (TPSA) is 53.4 Å². The largest absolute Gasteiger partial charge is 0.336 e. The van der Waals surface area contributed by atoms with E-state index in [1.807, 2.05) is 21.8 Å². The van der Waals surface area contributed by atoms with Crippen LogP contribution in [0.2, 0.25) is 0 Å². The van der Waals surface area contributed by atoms with Crippen LogP contribution in [0.1, 0.15) is 25.7 Å². The highest BCUT2D eigenvalue weighted by atomic mass is 16.2. The van der Waals surface area contributed by atoms with Gasteiger partial charge in [-0.2, -0.15) is 5.10 Å². The van der Waals surface area contributed by atoms with Crippen LogP contribution in [-0.2, 0) is 6.54 Å². The average molecular weight is 291 g/mol. The SMILES string of the molecule is O=C(NCCn1cccn1)N1CC[C@@H](N2CCCCC2)C1. The Morgan fingerprint density at radius 3 is 2.86 bits per heavy atom. The first-order valence-electron chi connectivity index (χ1n) is 8.07. The van der Waals surface area contributed by atoms with Gasteiger partial charge in [0.15, 0.2) is 0 Å². The Labute approximate surface area is 126 Å². The minimum atomic E-state index is 0.0710. The van der Waals surface area contributed by atoms with E-state index in [0.717, 1.165) is 26.1 Å². The number of piperidine rings is 1. The van der Waals surface area contributed by atoms with Crippen molar-refractivity contribution in [3.63, 3.8) is 0 Å². The molecule has 116 valence electrons. The zero-order chi connectivity index (χ0) is 14.5. The van der Waals surface area contributed by atoms with Crippen molar-refractivity contribution in [2.24, 2.45) is 0 Å². The van der Waals surface area contributed by atoms with Gasteiger partial charge in [-0.15, -0.1) is 0 Å². The molecule has 2 aliphatic rings. The Kier molecular flexibility index (Phi) is 4.75. The maximum Gasteiger partial charge on any atom is 0.317 e. The number of hydrogen-bond acceptors (Lipinski definition) is 3. The number of nitrogens with zero attached hydrogens (tertiary/aromatic N) is 4. The Morgan fingerprint density at radius 1 is 1.24 bits per heavy atom. The number of nitrogens with one attached hydrogen (secondary N) is 1. The van der Waals surface area contributed by atoms with Gasteiger partial charge in [0.1, 0.15) is 0 Å². The molecule has 0 radical (unpaired) electrons. The molecule has 2 saturated heterocycles. The van der Waals surface area contributed by atoms with E-state index in [1.165, 1.54) is 32.4 Å². The van der Waals surface area contributed by atoms with Gasteiger partial charge < -0.3 is 10.2 Å². The van der Waals surface area contributed by atoms with E-state index in [1.54, 1.807) is 6.20 Å². The number of carbonyl (C=O) groups excluding carboxylic acids is 1. The van der Waals surface area contributed by atoms with Crippen molar-refractivity contribution in [3.05, 3.63) is 18.5 Å². The molecule has 0 bridgehead atoms. The van der Waals surface area contributed by atoms with Gasteiger partial charge in [0.05, 0.1) is 6.54 Å². The molecule has 6 heteroatoms. The third-order valence-corrected chi connectivity index (χ3v) is 4.53. The van der Waals surface area contributed by atoms with E-state index in [0.29, 0.717) is 12.6 Å². The summed E-state index contributed by atoms with van der Waals surface area (Å²) in [6.45, 7) is 5.54. The van der Waals surface area contributed by atoms with Gasteiger partial charge in [-0.3, -0.25) is 9.58 Å². The standard InChI is InChI=1S/C15H25N5O/c21-15(16-7-12-20-10-4-6-17-20)19-11-5-14(13-19)18-8-2-1-3-9-18/h4,6,10,14H,1-3,5,7-9,11-13H2,(H,16,21)/t14-/m1/s1. The second-order valence-corrected chi connectivity index (χ2v) is 5.99. The zero-order valence-corrected chi connectivity index (χ0v) is 12.6. The third kappa shape index (κ3) is 3.75. The number of likely N-dealkylation sites (tertiary alicyclic amines) is 2. The molecule has 1 aromatic heterocycles. The normalized spacial score (nSPS) is 23.4. The fourth-order valence-corrected chi connectivity index (χ4v) is 3.33. The fraction of sp³-hybridized carbons (Fsp3) is 0.733. The van der Waals surface area contributed by atoms with E-state index < -0.39 is 0 Å². The summed E-state index contributed by atoms with van der Waals surface area (Å²) in [5.74, 6) is 0. The first kappa shape index (κ1) is 14.4. The number of amides is 2. The molecule has 1 aromatic rings. The maximum absolute atomic E-state index is 12.2. The molecular formula is C15H25N5O. The van der Waals surface area contributed by atoms with E-state index >= 15 is 0 Å². The molecule has 3 rings (SSSR count). The highest BCUT2D eigenvalue weighted by Gasteiger charge is 2.30. The lowest BCUT2D eigenvalue weighted by Crippen LogP contribution is -2.44. The Hall–Kier alpha value is -1.56. The van der Waals surface area contributed by atoms with E-state index in [9.17, 15) is 4.79 Å².